The van der Waals surface area contributed by atoms with Crippen molar-refractivity contribution in [3.63, 3.8) is 0 Å². The van der Waals surface area contributed by atoms with Crippen molar-refractivity contribution in [3.05, 3.63) is 11.6 Å². The number of hydrogen-bond donors (Lipinski definition) is 2. The van der Waals surface area contributed by atoms with Crippen LogP contribution >= 0.6 is 11.8 Å². The molecule has 0 bridgehead atoms. The maximum absolute atomic E-state index is 13.1. The SMILES string of the molecule is CNC(=O)N(C)N1CC(=O)N2C(C)C(=O)N(CC3=CCCC4(C)SC(N)=NC34)C[C@@H]21. The summed E-state index contributed by atoms with van der Waals surface area (Å²) in [5.41, 5.74) is 7.11. The lowest BCUT2D eigenvalue weighted by molar-refractivity contribution is -0.154. The van der Waals surface area contributed by atoms with E-state index >= 15 is 0 Å². The Hall–Kier alpha value is -2.27. The molecule has 0 aromatic carbocycles. The molecule has 4 atom stereocenters. The fraction of sp³-hybridized carbons (Fsp3) is 0.684. The molecule has 11 heteroatoms. The van der Waals surface area contributed by atoms with Crippen LogP contribution in [0.4, 0.5) is 4.79 Å². The summed E-state index contributed by atoms with van der Waals surface area (Å²) in [4.78, 5) is 45.9. The Morgan fingerprint density at radius 1 is 1.47 bits per heavy atom. The number of aliphatic imine (C=N–C) groups is 1. The summed E-state index contributed by atoms with van der Waals surface area (Å²) >= 11 is 1.62. The molecule has 30 heavy (non-hydrogen) atoms. The van der Waals surface area contributed by atoms with Crippen LogP contribution < -0.4 is 11.1 Å². The van der Waals surface area contributed by atoms with E-state index in [4.69, 9.17) is 5.73 Å². The van der Waals surface area contributed by atoms with Gasteiger partial charge in [0.2, 0.25) is 11.8 Å². The molecule has 3 N–H and O–H groups in total. The molecule has 3 unspecified atom stereocenters. The molecule has 4 rings (SSSR count). The number of hydrogen-bond acceptors (Lipinski definition) is 7. The van der Waals surface area contributed by atoms with Crippen LogP contribution in [0.1, 0.15) is 26.7 Å². The molecule has 2 fully saturated rings. The van der Waals surface area contributed by atoms with Gasteiger partial charge in [0.1, 0.15) is 12.2 Å². The number of fused-ring (bicyclic) bond motifs is 2. The van der Waals surface area contributed by atoms with E-state index in [1.807, 2.05) is 0 Å². The van der Waals surface area contributed by atoms with E-state index in [2.05, 4.69) is 23.3 Å². The van der Waals surface area contributed by atoms with Crippen LogP contribution in [0.5, 0.6) is 0 Å². The number of hydrazine groups is 1. The van der Waals surface area contributed by atoms with Crippen molar-refractivity contribution in [1.82, 2.24) is 25.1 Å². The van der Waals surface area contributed by atoms with Crippen molar-refractivity contribution in [2.24, 2.45) is 10.7 Å². The highest BCUT2D eigenvalue weighted by Crippen LogP contribution is 2.46. The van der Waals surface area contributed by atoms with Crippen molar-refractivity contribution < 1.29 is 14.4 Å². The van der Waals surface area contributed by atoms with E-state index < -0.39 is 6.04 Å². The fourth-order valence-electron chi connectivity index (χ4n) is 4.96. The summed E-state index contributed by atoms with van der Waals surface area (Å²) in [6.07, 6.45) is 3.72. The van der Waals surface area contributed by atoms with E-state index in [0.717, 1.165) is 18.4 Å². The Morgan fingerprint density at radius 3 is 2.90 bits per heavy atom. The van der Waals surface area contributed by atoms with Crippen molar-refractivity contribution >= 4 is 34.8 Å². The van der Waals surface area contributed by atoms with Gasteiger partial charge in [-0.25, -0.2) is 4.79 Å². The number of nitrogens with zero attached hydrogens (tertiary/aromatic N) is 5. The standard InChI is InChI=1S/C19H29N7O3S/c1-11-16(28)24(8-12-6-5-7-19(2)15(12)22-17(20)30-19)9-13-25(10-14(27)26(11)13)23(4)18(29)21-3/h6,11,13,15H,5,7-10H2,1-4H3,(H2,20,22)(H,21,29)/t11?,13-,15?,19?/m1/s1. The predicted octanol–water partition coefficient (Wildman–Crippen LogP) is -0.217. The van der Waals surface area contributed by atoms with E-state index in [-0.39, 0.29) is 41.3 Å². The van der Waals surface area contributed by atoms with E-state index in [0.29, 0.717) is 18.3 Å². The monoisotopic (exact) mass is 435 g/mol. The third-order valence-corrected chi connectivity index (χ3v) is 7.77. The van der Waals surface area contributed by atoms with Gasteiger partial charge in [-0.1, -0.05) is 17.8 Å². The minimum absolute atomic E-state index is 0.0350. The molecular formula is C19H29N7O3S. The number of carbonyl (C=O) groups is 3. The van der Waals surface area contributed by atoms with Crippen molar-refractivity contribution in [2.45, 2.75) is 49.7 Å². The van der Waals surface area contributed by atoms with Gasteiger partial charge in [0.15, 0.2) is 5.17 Å². The minimum Gasteiger partial charge on any atom is -0.379 e. The van der Waals surface area contributed by atoms with Crippen LogP contribution in [0, 0.1) is 0 Å². The number of amidine groups is 1. The second-order valence-corrected chi connectivity index (χ2v) is 10.0. The van der Waals surface area contributed by atoms with Crippen molar-refractivity contribution in [3.8, 4) is 0 Å². The van der Waals surface area contributed by atoms with Crippen LogP contribution in [0.2, 0.25) is 0 Å². The molecule has 0 spiro atoms. The summed E-state index contributed by atoms with van der Waals surface area (Å²) in [7, 11) is 3.18. The third-order valence-electron chi connectivity index (χ3n) is 6.56. The van der Waals surface area contributed by atoms with Gasteiger partial charge in [0, 0.05) is 25.4 Å². The maximum Gasteiger partial charge on any atom is 0.331 e. The summed E-state index contributed by atoms with van der Waals surface area (Å²) < 4.78 is -0.0700. The summed E-state index contributed by atoms with van der Waals surface area (Å²) in [5, 5.41) is 6.31. The zero-order valence-corrected chi connectivity index (χ0v) is 18.6. The second kappa shape index (κ2) is 7.45. The van der Waals surface area contributed by atoms with E-state index in [9.17, 15) is 14.4 Å². The van der Waals surface area contributed by atoms with Gasteiger partial charge in [-0.05, 0) is 32.3 Å². The van der Waals surface area contributed by atoms with E-state index in [1.54, 1.807) is 47.6 Å². The predicted molar refractivity (Wildman–Crippen MR) is 114 cm³/mol. The number of urea groups is 1. The molecule has 10 nitrogen and oxygen atoms in total. The van der Waals surface area contributed by atoms with Crippen LogP contribution in [0.25, 0.3) is 0 Å². The Balaban J connectivity index is 1.57. The van der Waals surface area contributed by atoms with Crippen molar-refractivity contribution in [2.75, 3.05) is 33.7 Å². The zero-order valence-electron chi connectivity index (χ0n) is 17.8. The number of carbonyl (C=O) groups excluding carboxylic acids is 3. The highest BCUT2D eigenvalue weighted by Gasteiger charge is 2.51. The van der Waals surface area contributed by atoms with Crippen LogP contribution in [0.3, 0.4) is 0 Å². The number of nitrogens with one attached hydrogen (secondary N) is 1. The third kappa shape index (κ3) is 3.24. The molecule has 0 aromatic rings. The fourth-order valence-corrected chi connectivity index (χ4v) is 6.14. The topological polar surface area (TPSA) is 115 Å². The average molecular weight is 436 g/mol. The van der Waals surface area contributed by atoms with Gasteiger partial charge in [0.25, 0.3) is 0 Å². The molecule has 3 heterocycles. The smallest absolute Gasteiger partial charge is 0.331 e. The number of allylic oxidation sites excluding steroid dienone is 1. The van der Waals surface area contributed by atoms with Crippen LogP contribution in [0.15, 0.2) is 16.6 Å². The van der Waals surface area contributed by atoms with Gasteiger partial charge in [-0.2, -0.15) is 5.01 Å². The lowest BCUT2D eigenvalue weighted by Gasteiger charge is -2.45. The molecule has 1 aliphatic carbocycles. The molecule has 2 saturated heterocycles. The maximum atomic E-state index is 13.1. The number of amides is 4. The first kappa shape index (κ1) is 21.0. The molecule has 0 radical (unpaired) electrons. The zero-order chi connectivity index (χ0) is 21.8. The van der Waals surface area contributed by atoms with Gasteiger partial charge < -0.3 is 20.9 Å². The molecule has 164 valence electrons. The molecule has 3 aliphatic heterocycles. The highest BCUT2D eigenvalue weighted by molar-refractivity contribution is 8.15. The first-order valence-electron chi connectivity index (χ1n) is 10.2. The number of thioether (sulfide) groups is 1. The number of piperazine rings is 1. The van der Waals surface area contributed by atoms with Gasteiger partial charge in [-0.3, -0.25) is 19.6 Å². The normalized spacial score (nSPS) is 33.8. The molecule has 0 aromatic heterocycles. The molecular weight excluding hydrogens is 406 g/mol. The average Bonchev–Trinajstić information content (AvgIpc) is 3.20. The minimum atomic E-state index is -0.582. The Bertz CT molecular complexity index is 846. The highest BCUT2D eigenvalue weighted by atomic mass is 32.2. The largest absolute Gasteiger partial charge is 0.379 e. The van der Waals surface area contributed by atoms with Crippen LogP contribution in [-0.4, -0.2) is 99.6 Å². The quantitative estimate of drug-likeness (QED) is 0.593. The van der Waals surface area contributed by atoms with Crippen molar-refractivity contribution in [1.29, 1.82) is 0 Å². The molecule has 0 saturated carbocycles. The summed E-state index contributed by atoms with van der Waals surface area (Å²) in [6.45, 7) is 4.79. The lowest BCUT2D eigenvalue weighted by atomic mass is 9.84. The Labute approximate surface area is 180 Å². The lowest BCUT2D eigenvalue weighted by Crippen LogP contribution is -2.65. The van der Waals surface area contributed by atoms with E-state index in [1.165, 1.54) is 5.01 Å². The van der Waals surface area contributed by atoms with Crippen LogP contribution in [-0.2, 0) is 9.59 Å². The molecule has 4 amide bonds. The number of rotatable bonds is 3. The summed E-state index contributed by atoms with van der Waals surface area (Å²) in [5.74, 6) is -0.231. The van der Waals surface area contributed by atoms with Gasteiger partial charge in [0.05, 0.1) is 19.1 Å². The number of nitrogens with two attached hydrogens (primary N) is 1. The summed E-state index contributed by atoms with van der Waals surface area (Å²) in [6, 6.07) is -0.923. The Morgan fingerprint density at radius 2 is 2.20 bits per heavy atom. The second-order valence-electron chi connectivity index (χ2n) is 8.46. The first-order chi connectivity index (χ1) is 14.2. The van der Waals surface area contributed by atoms with Gasteiger partial charge in [-0.15, -0.1) is 0 Å². The molecule has 4 aliphatic rings. The Kier molecular flexibility index (Phi) is 5.21. The van der Waals surface area contributed by atoms with Gasteiger partial charge >= 0.3 is 6.03 Å². The first-order valence-corrected chi connectivity index (χ1v) is 11.0.